The zero-order valence-corrected chi connectivity index (χ0v) is 12.4. The number of carbonyl (C=O) groups excluding carboxylic acids is 1. The molecule has 0 N–H and O–H groups in total. The third kappa shape index (κ3) is 2.52. The van der Waals surface area contributed by atoms with Crippen LogP contribution in [0.5, 0.6) is 0 Å². The van der Waals surface area contributed by atoms with Gasteiger partial charge in [-0.3, -0.25) is 14.7 Å². The van der Waals surface area contributed by atoms with E-state index in [1.165, 1.54) is 0 Å². The van der Waals surface area contributed by atoms with Gasteiger partial charge in [0.1, 0.15) is 5.76 Å². The Labute approximate surface area is 129 Å². The average Bonchev–Trinajstić information content (AvgIpc) is 3.22. The highest BCUT2D eigenvalue weighted by molar-refractivity contribution is 5.82. The van der Waals surface area contributed by atoms with Crippen LogP contribution in [0.15, 0.2) is 47.3 Å². The van der Waals surface area contributed by atoms with Crippen LogP contribution in [0.2, 0.25) is 0 Å². The Morgan fingerprint density at radius 3 is 2.73 bits per heavy atom. The molecule has 2 aliphatic rings. The Bertz CT molecular complexity index is 641. The molecular formula is C17H19N3O2. The number of furan rings is 1. The molecule has 2 aliphatic heterocycles. The SMILES string of the molecule is O=C1[C@H]2CN(Cc3ccco3)C[C@H]2CN1Cc1ccncc1. The summed E-state index contributed by atoms with van der Waals surface area (Å²) in [5.74, 6) is 1.87. The van der Waals surface area contributed by atoms with E-state index in [9.17, 15) is 4.79 Å². The Hall–Kier alpha value is -2.14. The van der Waals surface area contributed by atoms with Crippen LogP contribution in [0.4, 0.5) is 0 Å². The minimum Gasteiger partial charge on any atom is -0.468 e. The highest BCUT2D eigenvalue weighted by Gasteiger charge is 2.45. The summed E-state index contributed by atoms with van der Waals surface area (Å²) in [6.45, 7) is 4.19. The number of pyridine rings is 1. The van der Waals surface area contributed by atoms with Gasteiger partial charge in [-0.05, 0) is 29.8 Å². The lowest BCUT2D eigenvalue weighted by Gasteiger charge is -2.21. The summed E-state index contributed by atoms with van der Waals surface area (Å²) in [5, 5.41) is 0. The van der Waals surface area contributed by atoms with Gasteiger partial charge in [0.15, 0.2) is 0 Å². The molecule has 1 amide bonds. The van der Waals surface area contributed by atoms with Crippen molar-refractivity contribution in [3.8, 4) is 0 Å². The standard InChI is InChI=1S/C17H19N3O2/c21-17-16-12-19(11-15-2-1-7-22-15)9-14(16)10-20(17)8-13-3-5-18-6-4-13/h1-7,14,16H,8-12H2/t14-,16-/m0/s1. The maximum atomic E-state index is 12.6. The Kier molecular flexibility index (Phi) is 3.42. The first kappa shape index (κ1) is 13.5. The van der Waals surface area contributed by atoms with E-state index in [-0.39, 0.29) is 5.92 Å². The van der Waals surface area contributed by atoms with Crippen molar-refractivity contribution in [1.29, 1.82) is 0 Å². The van der Waals surface area contributed by atoms with Crippen LogP contribution < -0.4 is 0 Å². The molecule has 4 rings (SSSR count). The summed E-state index contributed by atoms with van der Waals surface area (Å²) in [6, 6.07) is 7.86. The van der Waals surface area contributed by atoms with Crippen molar-refractivity contribution < 1.29 is 9.21 Å². The second-order valence-corrected chi connectivity index (χ2v) is 6.21. The van der Waals surface area contributed by atoms with Crippen LogP contribution >= 0.6 is 0 Å². The topological polar surface area (TPSA) is 49.6 Å². The van der Waals surface area contributed by atoms with Crippen LogP contribution in [0, 0.1) is 11.8 Å². The highest BCUT2D eigenvalue weighted by atomic mass is 16.3. The van der Waals surface area contributed by atoms with Gasteiger partial charge in [0.2, 0.25) is 5.91 Å². The summed E-state index contributed by atoms with van der Waals surface area (Å²) in [6.07, 6.45) is 5.26. The van der Waals surface area contributed by atoms with Crippen molar-refractivity contribution in [1.82, 2.24) is 14.8 Å². The molecule has 4 heterocycles. The molecule has 5 heteroatoms. The quantitative estimate of drug-likeness (QED) is 0.863. The zero-order valence-electron chi connectivity index (χ0n) is 12.4. The molecule has 0 unspecified atom stereocenters. The van der Waals surface area contributed by atoms with Crippen LogP contribution in [-0.2, 0) is 17.9 Å². The minimum absolute atomic E-state index is 0.150. The Morgan fingerprint density at radius 1 is 1.14 bits per heavy atom. The number of aromatic nitrogens is 1. The fraction of sp³-hybridized carbons (Fsp3) is 0.412. The summed E-state index contributed by atoms with van der Waals surface area (Å²) in [4.78, 5) is 20.9. The lowest BCUT2D eigenvalue weighted by atomic mass is 10.0. The van der Waals surface area contributed by atoms with E-state index < -0.39 is 0 Å². The number of rotatable bonds is 4. The molecule has 5 nitrogen and oxygen atoms in total. The molecule has 2 fully saturated rings. The van der Waals surface area contributed by atoms with Gasteiger partial charge in [0.05, 0.1) is 18.7 Å². The first-order valence-electron chi connectivity index (χ1n) is 7.72. The lowest BCUT2D eigenvalue weighted by molar-refractivity contribution is -0.131. The third-order valence-corrected chi connectivity index (χ3v) is 4.68. The molecule has 22 heavy (non-hydrogen) atoms. The Morgan fingerprint density at radius 2 is 2.00 bits per heavy atom. The first-order valence-corrected chi connectivity index (χ1v) is 7.72. The van der Waals surface area contributed by atoms with Crippen molar-refractivity contribution in [2.45, 2.75) is 13.1 Å². The molecule has 2 saturated heterocycles. The molecule has 0 saturated carbocycles. The fourth-order valence-electron chi connectivity index (χ4n) is 3.64. The normalized spacial score (nSPS) is 24.9. The molecule has 0 aromatic carbocycles. The minimum atomic E-state index is 0.150. The molecule has 0 spiro atoms. The van der Waals surface area contributed by atoms with Crippen LogP contribution in [0.1, 0.15) is 11.3 Å². The summed E-state index contributed by atoms with van der Waals surface area (Å²) in [5.41, 5.74) is 1.15. The monoisotopic (exact) mass is 297 g/mol. The summed E-state index contributed by atoms with van der Waals surface area (Å²) in [7, 11) is 0. The van der Waals surface area contributed by atoms with Crippen molar-refractivity contribution in [3.05, 3.63) is 54.2 Å². The molecule has 114 valence electrons. The molecule has 0 radical (unpaired) electrons. The van der Waals surface area contributed by atoms with E-state index >= 15 is 0 Å². The molecule has 0 bridgehead atoms. The smallest absolute Gasteiger partial charge is 0.227 e. The van der Waals surface area contributed by atoms with Crippen LogP contribution in [0.3, 0.4) is 0 Å². The largest absolute Gasteiger partial charge is 0.468 e. The second-order valence-electron chi connectivity index (χ2n) is 6.21. The number of hydrogen-bond acceptors (Lipinski definition) is 4. The molecular weight excluding hydrogens is 278 g/mol. The summed E-state index contributed by atoms with van der Waals surface area (Å²) < 4.78 is 5.40. The van der Waals surface area contributed by atoms with Crippen molar-refractivity contribution in [2.24, 2.45) is 11.8 Å². The van der Waals surface area contributed by atoms with Crippen LogP contribution in [0.25, 0.3) is 0 Å². The van der Waals surface area contributed by atoms with E-state index in [2.05, 4.69) is 9.88 Å². The van der Waals surface area contributed by atoms with Gasteiger partial charge >= 0.3 is 0 Å². The van der Waals surface area contributed by atoms with Crippen molar-refractivity contribution >= 4 is 5.91 Å². The first-order chi connectivity index (χ1) is 10.8. The number of fused-ring (bicyclic) bond motifs is 1. The summed E-state index contributed by atoms with van der Waals surface area (Å²) >= 11 is 0. The number of nitrogens with zero attached hydrogens (tertiary/aromatic N) is 3. The van der Waals surface area contributed by atoms with Gasteiger partial charge in [-0.15, -0.1) is 0 Å². The van der Waals surface area contributed by atoms with Gasteiger partial charge in [-0.25, -0.2) is 0 Å². The van der Waals surface area contributed by atoms with E-state index in [4.69, 9.17) is 4.42 Å². The predicted octanol–water partition coefficient (Wildman–Crippen LogP) is 1.77. The van der Waals surface area contributed by atoms with Gasteiger partial charge in [0.25, 0.3) is 0 Å². The molecule has 0 aliphatic carbocycles. The van der Waals surface area contributed by atoms with Gasteiger partial charge in [-0.2, -0.15) is 0 Å². The molecule has 2 aromatic heterocycles. The number of carbonyl (C=O) groups is 1. The van der Waals surface area contributed by atoms with E-state index in [1.54, 1.807) is 18.7 Å². The van der Waals surface area contributed by atoms with Gasteiger partial charge in [-0.1, -0.05) is 0 Å². The number of hydrogen-bond donors (Lipinski definition) is 0. The van der Waals surface area contributed by atoms with Crippen LogP contribution in [-0.4, -0.2) is 40.3 Å². The van der Waals surface area contributed by atoms with E-state index in [1.807, 2.05) is 29.2 Å². The van der Waals surface area contributed by atoms with Crippen molar-refractivity contribution in [3.63, 3.8) is 0 Å². The number of amides is 1. The predicted molar refractivity (Wildman–Crippen MR) is 80.6 cm³/mol. The highest BCUT2D eigenvalue weighted by Crippen LogP contribution is 2.33. The molecule has 2 aromatic rings. The van der Waals surface area contributed by atoms with Crippen molar-refractivity contribution in [2.75, 3.05) is 19.6 Å². The number of likely N-dealkylation sites (tertiary alicyclic amines) is 2. The van der Waals surface area contributed by atoms with Gasteiger partial charge in [0, 0.05) is 44.5 Å². The lowest BCUT2D eigenvalue weighted by Crippen LogP contribution is -2.32. The second kappa shape index (κ2) is 5.57. The Balaban J connectivity index is 1.38. The maximum absolute atomic E-state index is 12.6. The maximum Gasteiger partial charge on any atom is 0.227 e. The zero-order chi connectivity index (χ0) is 14.9. The van der Waals surface area contributed by atoms with E-state index in [0.717, 1.165) is 37.5 Å². The average molecular weight is 297 g/mol. The third-order valence-electron chi connectivity index (χ3n) is 4.68. The fourth-order valence-corrected chi connectivity index (χ4v) is 3.64. The molecule has 2 atom stereocenters. The van der Waals surface area contributed by atoms with E-state index in [0.29, 0.717) is 18.4 Å². The van der Waals surface area contributed by atoms with Gasteiger partial charge < -0.3 is 9.32 Å².